The van der Waals surface area contributed by atoms with Gasteiger partial charge in [0.2, 0.25) is 0 Å². The quantitative estimate of drug-likeness (QED) is 0.769. The second kappa shape index (κ2) is 7.57. The molecule has 1 aromatic carbocycles. The largest absolute Gasteiger partial charge is 0.478 e. The van der Waals surface area contributed by atoms with Crippen LogP contribution in [0.3, 0.4) is 0 Å². The molecule has 0 aromatic heterocycles. The lowest BCUT2D eigenvalue weighted by molar-refractivity contribution is 0.0694. The van der Waals surface area contributed by atoms with E-state index in [1.807, 2.05) is 0 Å². The third-order valence-electron chi connectivity index (χ3n) is 2.53. The van der Waals surface area contributed by atoms with Crippen molar-refractivity contribution >= 4 is 12.3 Å². The maximum Gasteiger partial charge on any atom is 0.336 e. The van der Waals surface area contributed by atoms with E-state index in [4.69, 9.17) is 5.11 Å². The summed E-state index contributed by atoms with van der Waals surface area (Å²) in [6.45, 7) is 2.50. The van der Waals surface area contributed by atoms with Gasteiger partial charge in [0, 0.05) is 5.56 Å². The van der Waals surface area contributed by atoms with Gasteiger partial charge in [0.25, 0.3) is 0 Å². The zero-order valence-electron chi connectivity index (χ0n) is 9.69. The van der Waals surface area contributed by atoms with Crippen LogP contribution in [0.25, 0.3) is 0 Å². The molecule has 1 aromatic rings. The van der Waals surface area contributed by atoms with Crippen molar-refractivity contribution in [3.05, 3.63) is 35.4 Å². The normalized spacial score (nSPS) is 14.4. The van der Waals surface area contributed by atoms with E-state index < -0.39 is 5.97 Å². The van der Waals surface area contributed by atoms with Crippen molar-refractivity contribution in [1.82, 2.24) is 5.32 Å². The Morgan fingerprint density at radius 3 is 2.18 bits per heavy atom. The second-order valence-corrected chi connectivity index (χ2v) is 3.82. The minimum atomic E-state index is -1.08. The van der Waals surface area contributed by atoms with Crippen LogP contribution in [-0.2, 0) is 0 Å². The average Bonchev–Trinajstić information content (AvgIpc) is 2.41. The lowest BCUT2D eigenvalue weighted by atomic mass is 10.1. The highest BCUT2D eigenvalue weighted by Crippen LogP contribution is 2.04. The molecule has 92 valence electrons. The maximum atomic E-state index is 10.4. The van der Waals surface area contributed by atoms with Gasteiger partial charge in [-0.2, -0.15) is 0 Å². The van der Waals surface area contributed by atoms with Crippen molar-refractivity contribution in [3.8, 4) is 0 Å². The number of carboxylic acids is 1. The number of carboxylic acid groups (broad SMARTS) is 1. The Morgan fingerprint density at radius 2 is 1.82 bits per heavy atom. The molecule has 0 radical (unpaired) electrons. The molecule has 4 nitrogen and oxygen atoms in total. The summed E-state index contributed by atoms with van der Waals surface area (Å²) in [4.78, 5) is 20.7. The fourth-order valence-corrected chi connectivity index (χ4v) is 1.60. The van der Waals surface area contributed by atoms with Gasteiger partial charge < -0.3 is 10.4 Å². The van der Waals surface area contributed by atoms with E-state index >= 15 is 0 Å². The van der Waals surface area contributed by atoms with E-state index in [1.165, 1.54) is 44.5 Å². The van der Waals surface area contributed by atoms with Crippen molar-refractivity contribution < 1.29 is 14.7 Å². The molecule has 2 rings (SSSR count). The minimum Gasteiger partial charge on any atom is -0.478 e. The van der Waals surface area contributed by atoms with Crippen LogP contribution in [0.1, 0.15) is 40.0 Å². The number of aldehydes is 1. The highest BCUT2D eigenvalue weighted by Gasteiger charge is 2.06. The van der Waals surface area contributed by atoms with Crippen LogP contribution in [-0.4, -0.2) is 30.5 Å². The highest BCUT2D eigenvalue weighted by molar-refractivity contribution is 5.96. The molecule has 1 saturated heterocycles. The number of benzene rings is 1. The molecule has 1 fully saturated rings. The van der Waals surface area contributed by atoms with Gasteiger partial charge in [-0.25, -0.2) is 4.79 Å². The first kappa shape index (κ1) is 13.4. The third-order valence-corrected chi connectivity index (χ3v) is 2.53. The topological polar surface area (TPSA) is 66.4 Å². The van der Waals surface area contributed by atoms with Crippen molar-refractivity contribution in [3.63, 3.8) is 0 Å². The molecular formula is C13H17NO3. The minimum absolute atomic E-state index is 0.0440. The fraction of sp³-hybridized carbons (Fsp3) is 0.385. The Hall–Kier alpha value is -1.68. The summed E-state index contributed by atoms with van der Waals surface area (Å²) >= 11 is 0. The van der Waals surface area contributed by atoms with Gasteiger partial charge in [0.05, 0.1) is 5.56 Å². The second-order valence-electron chi connectivity index (χ2n) is 3.82. The molecule has 0 amide bonds. The lowest BCUT2D eigenvalue weighted by Crippen LogP contribution is -2.21. The first-order valence-electron chi connectivity index (χ1n) is 5.74. The molecular weight excluding hydrogens is 218 g/mol. The molecule has 1 aliphatic heterocycles. The Morgan fingerprint density at radius 1 is 1.18 bits per heavy atom. The van der Waals surface area contributed by atoms with Crippen LogP contribution < -0.4 is 5.32 Å². The number of carbonyl (C=O) groups excluding carboxylic acids is 1. The predicted octanol–water partition coefficient (Wildman–Crippen LogP) is 1.96. The van der Waals surface area contributed by atoms with Crippen molar-refractivity contribution in [2.24, 2.45) is 0 Å². The van der Waals surface area contributed by atoms with Crippen LogP contribution in [0, 0.1) is 0 Å². The number of hydrogen-bond acceptors (Lipinski definition) is 3. The zero-order valence-corrected chi connectivity index (χ0v) is 9.69. The monoisotopic (exact) mass is 235 g/mol. The summed E-state index contributed by atoms with van der Waals surface area (Å²) < 4.78 is 0. The first-order valence-corrected chi connectivity index (χ1v) is 5.74. The van der Waals surface area contributed by atoms with E-state index in [0.29, 0.717) is 6.29 Å². The van der Waals surface area contributed by atoms with Crippen LogP contribution in [0.4, 0.5) is 0 Å². The zero-order chi connectivity index (χ0) is 12.5. The number of aromatic carboxylic acids is 1. The Balaban J connectivity index is 0.000000202. The van der Waals surface area contributed by atoms with Gasteiger partial charge >= 0.3 is 5.97 Å². The number of piperidine rings is 1. The number of nitrogens with one attached hydrogen (secondary N) is 1. The molecule has 1 aliphatic rings. The fourth-order valence-electron chi connectivity index (χ4n) is 1.60. The average molecular weight is 235 g/mol. The third kappa shape index (κ3) is 4.78. The Labute approximate surface area is 101 Å². The number of hydrogen-bond donors (Lipinski definition) is 2. The van der Waals surface area contributed by atoms with E-state index in [9.17, 15) is 9.59 Å². The molecule has 0 saturated carbocycles. The molecule has 0 spiro atoms. The number of carbonyl (C=O) groups is 2. The molecule has 1 heterocycles. The molecule has 0 atom stereocenters. The summed E-state index contributed by atoms with van der Waals surface area (Å²) in [5, 5.41) is 11.8. The highest BCUT2D eigenvalue weighted by atomic mass is 16.4. The van der Waals surface area contributed by atoms with Gasteiger partial charge in [-0.1, -0.05) is 24.6 Å². The first-order chi connectivity index (χ1) is 8.25. The molecule has 0 bridgehead atoms. The Bertz CT molecular complexity index is 361. The summed E-state index contributed by atoms with van der Waals surface area (Å²) in [5.74, 6) is -1.08. The standard InChI is InChI=1S/C8H6O3.C5H11N/c9-5-6-3-1-2-4-7(6)8(10)11;1-2-4-6-5-3-1/h1-5H,(H,10,11);6H,1-5H2. The van der Waals surface area contributed by atoms with Gasteiger partial charge in [0.1, 0.15) is 0 Å². The SMILES string of the molecule is C1CCNCC1.O=Cc1ccccc1C(=O)O. The van der Waals surface area contributed by atoms with Crippen LogP contribution in [0.5, 0.6) is 0 Å². The molecule has 2 N–H and O–H groups in total. The van der Waals surface area contributed by atoms with Crippen molar-refractivity contribution in [2.75, 3.05) is 13.1 Å². The van der Waals surface area contributed by atoms with Gasteiger partial charge in [0.15, 0.2) is 6.29 Å². The van der Waals surface area contributed by atoms with E-state index in [1.54, 1.807) is 12.1 Å². The molecule has 0 unspecified atom stereocenters. The van der Waals surface area contributed by atoms with Gasteiger partial charge in [-0.05, 0) is 32.0 Å². The smallest absolute Gasteiger partial charge is 0.336 e. The van der Waals surface area contributed by atoms with Crippen LogP contribution in [0.2, 0.25) is 0 Å². The molecule has 0 aliphatic carbocycles. The Kier molecular flexibility index (Phi) is 5.96. The lowest BCUT2D eigenvalue weighted by Gasteiger charge is -2.08. The van der Waals surface area contributed by atoms with Crippen molar-refractivity contribution in [2.45, 2.75) is 19.3 Å². The molecule has 17 heavy (non-hydrogen) atoms. The van der Waals surface area contributed by atoms with Gasteiger partial charge in [-0.3, -0.25) is 4.79 Å². The van der Waals surface area contributed by atoms with Gasteiger partial charge in [-0.15, -0.1) is 0 Å². The summed E-state index contributed by atoms with van der Waals surface area (Å²) in [6, 6.07) is 6.06. The van der Waals surface area contributed by atoms with Crippen LogP contribution >= 0.6 is 0 Å². The van der Waals surface area contributed by atoms with E-state index in [-0.39, 0.29) is 11.1 Å². The number of rotatable bonds is 2. The summed E-state index contributed by atoms with van der Waals surface area (Å²) in [5.41, 5.74) is 0.252. The molecule has 4 heteroatoms. The maximum absolute atomic E-state index is 10.4. The van der Waals surface area contributed by atoms with Crippen LogP contribution in [0.15, 0.2) is 24.3 Å². The summed E-state index contributed by atoms with van der Waals surface area (Å²) in [7, 11) is 0. The van der Waals surface area contributed by atoms with Crippen molar-refractivity contribution in [1.29, 1.82) is 0 Å². The van der Waals surface area contributed by atoms with E-state index in [0.717, 1.165) is 0 Å². The predicted molar refractivity (Wildman–Crippen MR) is 65.5 cm³/mol. The van der Waals surface area contributed by atoms with E-state index in [2.05, 4.69) is 5.32 Å². The summed E-state index contributed by atoms with van der Waals surface area (Å²) in [6.07, 6.45) is 4.75.